The first-order valence-electron chi connectivity index (χ1n) is 13.4. The smallest absolute Gasteiger partial charge is 0.254 e. The summed E-state index contributed by atoms with van der Waals surface area (Å²) in [7, 11) is 0. The number of hydrogen-bond acceptors (Lipinski definition) is 7. The molecule has 3 aliphatic rings. The number of piperidine rings is 1. The Morgan fingerprint density at radius 1 is 1.19 bits per heavy atom. The fraction of sp³-hybridized carbons (Fsp3) is 0.643. The molecular weight excluding hydrogens is 494 g/mol. The van der Waals surface area contributed by atoms with Crippen molar-refractivity contribution in [3.63, 3.8) is 0 Å². The van der Waals surface area contributed by atoms with Gasteiger partial charge in [0.15, 0.2) is 0 Å². The average molecular weight is 532 g/mol. The van der Waals surface area contributed by atoms with Crippen LogP contribution >= 0.6 is 11.6 Å². The molecule has 2 N–H and O–H groups in total. The summed E-state index contributed by atoms with van der Waals surface area (Å²) >= 11 is 6.72. The van der Waals surface area contributed by atoms with Gasteiger partial charge in [-0.05, 0) is 94.6 Å². The zero-order valence-corrected chi connectivity index (χ0v) is 22.7. The van der Waals surface area contributed by atoms with Crippen LogP contribution < -0.4 is 5.32 Å². The first kappa shape index (κ1) is 26.8. The number of carbonyl (C=O) groups is 1. The van der Waals surface area contributed by atoms with Crippen LogP contribution in [0.3, 0.4) is 0 Å². The van der Waals surface area contributed by atoms with Crippen molar-refractivity contribution in [3.8, 4) is 0 Å². The number of nitrogens with zero attached hydrogens (tertiary/aromatic N) is 2. The summed E-state index contributed by atoms with van der Waals surface area (Å²) in [6, 6.07) is 6.00. The molecule has 1 aromatic carbocycles. The third-order valence-electron chi connectivity index (χ3n) is 8.12. The molecule has 1 amide bonds. The van der Waals surface area contributed by atoms with Crippen molar-refractivity contribution in [2.45, 2.75) is 82.3 Å². The third kappa shape index (κ3) is 5.79. The highest BCUT2D eigenvalue weighted by atomic mass is 35.5. The van der Waals surface area contributed by atoms with Crippen molar-refractivity contribution < 1.29 is 24.1 Å². The first-order chi connectivity index (χ1) is 17.7. The van der Waals surface area contributed by atoms with Crippen LogP contribution in [0.1, 0.15) is 57.9 Å². The van der Waals surface area contributed by atoms with E-state index in [1.54, 1.807) is 6.20 Å². The molecule has 3 saturated heterocycles. The standard InChI is InChI=1S/C28H38ClN3O5/c1-17(2)37-21-4-5-24(36-14-21)27(34)31-26-12-19-10-22(23(29)11-20(19)13-30-26)18-6-8-32(9-7-18)28(3)16-35-15-25(28)33/h10-13,17-18,21,24-25,33H,4-9,14-16H2,1-3H3,(H,30,31,34)/t21-,24+,25?,28?/m0/s1. The Kier molecular flexibility index (Phi) is 8.05. The monoisotopic (exact) mass is 531 g/mol. The SMILES string of the molecule is CC(C)O[C@H]1CC[C@H](C(=O)Nc2cc3cc(C4CCN(C5(C)COCC5O)CC4)c(Cl)cc3cn2)OC1. The summed E-state index contributed by atoms with van der Waals surface area (Å²) < 4.78 is 17.1. The van der Waals surface area contributed by atoms with Gasteiger partial charge in [0.2, 0.25) is 0 Å². The Balaban J connectivity index is 1.24. The Hall–Kier alpha value is -1.81. The molecule has 3 aliphatic heterocycles. The van der Waals surface area contributed by atoms with Gasteiger partial charge in [-0.1, -0.05) is 11.6 Å². The molecule has 4 heterocycles. The molecule has 3 fully saturated rings. The van der Waals surface area contributed by atoms with Crippen LogP contribution in [0.4, 0.5) is 5.82 Å². The maximum Gasteiger partial charge on any atom is 0.254 e. The van der Waals surface area contributed by atoms with Crippen LogP contribution in [0.2, 0.25) is 5.02 Å². The van der Waals surface area contributed by atoms with Crippen molar-refractivity contribution in [3.05, 3.63) is 35.0 Å². The number of aromatic nitrogens is 1. The van der Waals surface area contributed by atoms with Gasteiger partial charge in [-0.15, -0.1) is 0 Å². The summed E-state index contributed by atoms with van der Waals surface area (Å²) in [6.45, 7) is 9.26. The number of carbonyl (C=O) groups excluding carboxylic acids is 1. The minimum Gasteiger partial charge on any atom is -0.389 e. The van der Waals surface area contributed by atoms with Crippen molar-refractivity contribution >= 4 is 34.1 Å². The summed E-state index contributed by atoms with van der Waals surface area (Å²) in [5.41, 5.74) is 0.805. The lowest BCUT2D eigenvalue weighted by atomic mass is 9.85. The maximum atomic E-state index is 12.8. The van der Waals surface area contributed by atoms with Crippen LogP contribution in [-0.4, -0.2) is 83.8 Å². The van der Waals surface area contributed by atoms with Crippen molar-refractivity contribution in [1.29, 1.82) is 0 Å². The van der Waals surface area contributed by atoms with E-state index in [2.05, 4.69) is 28.2 Å². The van der Waals surface area contributed by atoms with Gasteiger partial charge in [0.25, 0.3) is 5.91 Å². The molecule has 0 aliphatic carbocycles. The van der Waals surface area contributed by atoms with Crippen molar-refractivity contribution in [1.82, 2.24) is 9.88 Å². The lowest BCUT2D eigenvalue weighted by molar-refractivity contribution is -0.141. The molecule has 37 heavy (non-hydrogen) atoms. The van der Waals surface area contributed by atoms with Crippen molar-refractivity contribution in [2.24, 2.45) is 0 Å². The largest absolute Gasteiger partial charge is 0.389 e. The van der Waals surface area contributed by atoms with E-state index >= 15 is 0 Å². The number of fused-ring (bicyclic) bond motifs is 1. The molecule has 9 heteroatoms. The van der Waals surface area contributed by atoms with Gasteiger partial charge < -0.3 is 24.6 Å². The molecular formula is C28H38ClN3O5. The highest BCUT2D eigenvalue weighted by Crippen LogP contribution is 2.38. The van der Waals surface area contributed by atoms with Gasteiger partial charge in [-0.2, -0.15) is 0 Å². The number of aliphatic hydroxyl groups is 1. The minimum absolute atomic E-state index is 0.0392. The average Bonchev–Trinajstić information content (AvgIpc) is 3.23. The molecule has 2 aromatic rings. The molecule has 0 bridgehead atoms. The predicted molar refractivity (Wildman–Crippen MR) is 143 cm³/mol. The Bertz CT molecular complexity index is 1110. The summed E-state index contributed by atoms with van der Waals surface area (Å²) in [4.78, 5) is 19.6. The second-order valence-electron chi connectivity index (χ2n) is 11.1. The van der Waals surface area contributed by atoms with E-state index < -0.39 is 12.2 Å². The summed E-state index contributed by atoms with van der Waals surface area (Å²) in [6.07, 6.45) is 4.32. The van der Waals surface area contributed by atoms with E-state index in [0.29, 0.717) is 38.0 Å². The van der Waals surface area contributed by atoms with E-state index in [-0.39, 0.29) is 23.7 Å². The van der Waals surface area contributed by atoms with E-state index in [1.165, 1.54) is 0 Å². The van der Waals surface area contributed by atoms with Crippen LogP contribution in [0, 0.1) is 0 Å². The van der Waals surface area contributed by atoms with E-state index in [1.807, 2.05) is 26.0 Å². The number of likely N-dealkylation sites (tertiary alicyclic amines) is 1. The summed E-state index contributed by atoms with van der Waals surface area (Å²) in [5, 5.41) is 16.0. The van der Waals surface area contributed by atoms with E-state index in [0.717, 1.165) is 53.7 Å². The third-order valence-corrected chi connectivity index (χ3v) is 8.45. The number of nitrogens with one attached hydrogen (secondary N) is 1. The topological polar surface area (TPSA) is 93.2 Å². The van der Waals surface area contributed by atoms with Gasteiger partial charge >= 0.3 is 0 Å². The lowest BCUT2D eigenvalue weighted by Crippen LogP contribution is -2.56. The normalized spacial score (nSPS) is 29.7. The fourth-order valence-corrected chi connectivity index (χ4v) is 6.18. The molecule has 0 saturated carbocycles. The number of hydrogen-bond donors (Lipinski definition) is 2. The van der Waals surface area contributed by atoms with E-state index in [4.69, 9.17) is 25.8 Å². The summed E-state index contributed by atoms with van der Waals surface area (Å²) in [5.74, 6) is 0.662. The molecule has 0 radical (unpaired) electrons. The Morgan fingerprint density at radius 2 is 1.97 bits per heavy atom. The second-order valence-corrected chi connectivity index (χ2v) is 11.5. The van der Waals surface area contributed by atoms with Gasteiger partial charge in [0.1, 0.15) is 11.9 Å². The van der Waals surface area contributed by atoms with Gasteiger partial charge in [0, 0.05) is 16.6 Å². The molecule has 202 valence electrons. The molecule has 4 atom stereocenters. The number of ether oxygens (including phenoxy) is 3. The number of rotatable bonds is 6. The number of benzene rings is 1. The van der Waals surface area contributed by atoms with Gasteiger partial charge in [-0.3, -0.25) is 9.69 Å². The second kappa shape index (κ2) is 11.1. The van der Waals surface area contributed by atoms with Crippen LogP contribution in [0.5, 0.6) is 0 Å². The minimum atomic E-state index is -0.499. The number of halogens is 1. The highest BCUT2D eigenvalue weighted by molar-refractivity contribution is 6.32. The number of anilines is 1. The highest BCUT2D eigenvalue weighted by Gasteiger charge is 2.45. The molecule has 0 spiro atoms. The first-order valence-corrected chi connectivity index (χ1v) is 13.8. The Morgan fingerprint density at radius 3 is 2.62 bits per heavy atom. The number of amides is 1. The number of pyridine rings is 1. The van der Waals surface area contributed by atoms with Crippen molar-refractivity contribution in [2.75, 3.05) is 38.2 Å². The molecule has 1 aromatic heterocycles. The van der Waals surface area contributed by atoms with Crippen LogP contribution in [0.25, 0.3) is 10.8 Å². The van der Waals surface area contributed by atoms with E-state index in [9.17, 15) is 9.90 Å². The molecule has 8 nitrogen and oxygen atoms in total. The van der Waals surface area contributed by atoms with Crippen LogP contribution in [0.15, 0.2) is 24.4 Å². The maximum absolute atomic E-state index is 12.8. The van der Waals surface area contributed by atoms with Crippen LogP contribution in [-0.2, 0) is 19.0 Å². The number of aliphatic hydroxyl groups excluding tert-OH is 1. The lowest BCUT2D eigenvalue weighted by Gasteiger charge is -2.43. The molecule has 5 rings (SSSR count). The Labute approximate surface area is 223 Å². The fourth-order valence-electron chi connectivity index (χ4n) is 5.85. The molecule has 2 unspecified atom stereocenters. The zero-order valence-electron chi connectivity index (χ0n) is 21.9. The predicted octanol–water partition coefficient (Wildman–Crippen LogP) is 4.13. The van der Waals surface area contributed by atoms with Gasteiger partial charge in [-0.25, -0.2) is 4.98 Å². The quantitative estimate of drug-likeness (QED) is 0.579. The van der Waals surface area contributed by atoms with Gasteiger partial charge in [0.05, 0.1) is 43.7 Å². The zero-order chi connectivity index (χ0) is 26.2.